The van der Waals surface area contributed by atoms with Crippen LogP contribution in [0.2, 0.25) is 0 Å². The lowest BCUT2D eigenvalue weighted by molar-refractivity contribution is 0.160. The van der Waals surface area contributed by atoms with Crippen LogP contribution in [0.1, 0.15) is 25.3 Å². The average molecular weight is 244 g/mol. The van der Waals surface area contributed by atoms with Crippen LogP contribution >= 0.6 is 0 Å². The highest BCUT2D eigenvalue weighted by atomic mass is 16.3. The van der Waals surface area contributed by atoms with Gasteiger partial charge in [0.25, 0.3) is 0 Å². The van der Waals surface area contributed by atoms with E-state index in [1.165, 1.54) is 10.9 Å². The highest BCUT2D eigenvalue weighted by molar-refractivity contribution is 5.81. The molecule has 2 rings (SSSR count). The highest BCUT2D eigenvalue weighted by Gasteiger charge is 2.04. The fourth-order valence-electron chi connectivity index (χ4n) is 2.12. The van der Waals surface area contributed by atoms with E-state index in [1.54, 1.807) is 0 Å². The number of aromatic nitrogens is 1. The third-order valence-corrected chi connectivity index (χ3v) is 3.06. The first-order valence-electron chi connectivity index (χ1n) is 6.52. The van der Waals surface area contributed by atoms with E-state index in [-0.39, 0.29) is 6.10 Å². The number of aliphatic hydroxyl groups excluding tert-OH is 1. The minimum atomic E-state index is -0.247. The summed E-state index contributed by atoms with van der Waals surface area (Å²) in [5.74, 6) is 0. The molecule has 0 fully saturated rings. The van der Waals surface area contributed by atoms with E-state index in [0.29, 0.717) is 6.54 Å². The molecule has 2 N–H and O–H groups in total. The average Bonchev–Trinajstić information content (AvgIpc) is 2.39. The molecule has 96 valence electrons. The van der Waals surface area contributed by atoms with E-state index in [2.05, 4.69) is 23.3 Å². The second-order valence-electron chi connectivity index (χ2n) is 4.56. The Balaban J connectivity index is 1.99. The van der Waals surface area contributed by atoms with Gasteiger partial charge >= 0.3 is 0 Å². The van der Waals surface area contributed by atoms with Crippen LogP contribution in [0.5, 0.6) is 0 Å². The Morgan fingerprint density at radius 1 is 1.28 bits per heavy atom. The summed E-state index contributed by atoms with van der Waals surface area (Å²) in [6.07, 6.45) is 3.45. The maximum Gasteiger partial charge on any atom is 0.0705 e. The van der Waals surface area contributed by atoms with Crippen LogP contribution in [0.4, 0.5) is 0 Å². The Morgan fingerprint density at radius 2 is 2.11 bits per heavy atom. The Hall–Kier alpha value is -1.45. The molecule has 1 atom stereocenters. The first kappa shape index (κ1) is 13.0. The SMILES string of the molecule is CCCC(O)CNCc1ccnc2ccccc12. The van der Waals surface area contributed by atoms with E-state index in [9.17, 15) is 5.11 Å². The van der Waals surface area contributed by atoms with Crippen molar-refractivity contribution in [1.82, 2.24) is 10.3 Å². The van der Waals surface area contributed by atoms with Gasteiger partial charge in [-0.25, -0.2) is 0 Å². The summed E-state index contributed by atoms with van der Waals surface area (Å²) in [6.45, 7) is 3.49. The second-order valence-corrected chi connectivity index (χ2v) is 4.56. The van der Waals surface area contributed by atoms with Crippen LogP contribution < -0.4 is 5.32 Å². The van der Waals surface area contributed by atoms with Gasteiger partial charge in [-0.3, -0.25) is 4.98 Å². The fourth-order valence-corrected chi connectivity index (χ4v) is 2.12. The maximum atomic E-state index is 9.67. The van der Waals surface area contributed by atoms with Gasteiger partial charge in [0.05, 0.1) is 11.6 Å². The van der Waals surface area contributed by atoms with E-state index in [1.807, 2.05) is 30.5 Å². The second kappa shape index (κ2) is 6.47. The molecule has 18 heavy (non-hydrogen) atoms. The van der Waals surface area contributed by atoms with Crippen molar-refractivity contribution >= 4 is 10.9 Å². The number of rotatable bonds is 6. The van der Waals surface area contributed by atoms with Crippen LogP contribution in [0.25, 0.3) is 10.9 Å². The number of aliphatic hydroxyl groups is 1. The quantitative estimate of drug-likeness (QED) is 0.820. The van der Waals surface area contributed by atoms with Gasteiger partial charge in [-0.1, -0.05) is 31.5 Å². The van der Waals surface area contributed by atoms with Gasteiger partial charge in [-0.2, -0.15) is 0 Å². The van der Waals surface area contributed by atoms with E-state index < -0.39 is 0 Å². The minimum absolute atomic E-state index is 0.247. The standard InChI is InChI=1S/C15H20N2O/c1-2-5-13(18)11-16-10-12-8-9-17-15-7-4-3-6-14(12)15/h3-4,6-9,13,16,18H,2,5,10-11H2,1H3. The molecule has 3 heteroatoms. The molecule has 0 radical (unpaired) electrons. The first-order valence-corrected chi connectivity index (χ1v) is 6.52. The number of hydrogen-bond donors (Lipinski definition) is 2. The summed E-state index contributed by atoms with van der Waals surface area (Å²) >= 11 is 0. The van der Waals surface area contributed by atoms with Crippen LogP contribution in [0.3, 0.4) is 0 Å². The third kappa shape index (κ3) is 3.28. The topological polar surface area (TPSA) is 45.1 Å². The number of nitrogens with zero attached hydrogens (tertiary/aromatic N) is 1. The summed E-state index contributed by atoms with van der Waals surface area (Å²) < 4.78 is 0. The van der Waals surface area contributed by atoms with Crippen molar-refractivity contribution in [3.8, 4) is 0 Å². The monoisotopic (exact) mass is 244 g/mol. The number of fused-ring (bicyclic) bond motifs is 1. The Morgan fingerprint density at radius 3 is 2.94 bits per heavy atom. The van der Waals surface area contributed by atoms with Crippen LogP contribution in [0, 0.1) is 0 Å². The van der Waals surface area contributed by atoms with E-state index >= 15 is 0 Å². The Bertz CT molecular complexity index is 493. The smallest absolute Gasteiger partial charge is 0.0705 e. The molecule has 0 saturated heterocycles. The van der Waals surface area contributed by atoms with Gasteiger partial charge in [-0.15, -0.1) is 0 Å². The molecular formula is C15H20N2O. The van der Waals surface area contributed by atoms with Gasteiger partial charge in [0.2, 0.25) is 0 Å². The highest BCUT2D eigenvalue weighted by Crippen LogP contribution is 2.15. The van der Waals surface area contributed by atoms with Crippen molar-refractivity contribution in [2.24, 2.45) is 0 Å². The molecule has 1 unspecified atom stereocenters. The Kier molecular flexibility index (Phi) is 4.67. The zero-order valence-corrected chi connectivity index (χ0v) is 10.8. The molecule has 0 aliphatic heterocycles. The van der Waals surface area contributed by atoms with Gasteiger partial charge in [0.15, 0.2) is 0 Å². The zero-order valence-electron chi connectivity index (χ0n) is 10.8. The number of pyridine rings is 1. The normalized spacial score (nSPS) is 12.8. The molecule has 0 spiro atoms. The molecule has 0 aliphatic rings. The lowest BCUT2D eigenvalue weighted by atomic mass is 10.1. The maximum absolute atomic E-state index is 9.67. The number of hydrogen-bond acceptors (Lipinski definition) is 3. The molecule has 0 aliphatic carbocycles. The van der Waals surface area contributed by atoms with Crippen LogP contribution in [-0.4, -0.2) is 22.7 Å². The number of nitrogens with one attached hydrogen (secondary N) is 1. The Labute approximate surface area is 108 Å². The van der Waals surface area contributed by atoms with Crippen molar-refractivity contribution < 1.29 is 5.11 Å². The summed E-state index contributed by atoms with van der Waals surface area (Å²) in [5.41, 5.74) is 2.25. The molecule has 3 nitrogen and oxygen atoms in total. The molecule has 1 aromatic heterocycles. The van der Waals surface area contributed by atoms with Gasteiger partial charge in [0.1, 0.15) is 0 Å². The van der Waals surface area contributed by atoms with Crippen LogP contribution in [0.15, 0.2) is 36.5 Å². The summed E-state index contributed by atoms with van der Waals surface area (Å²) in [4.78, 5) is 4.34. The van der Waals surface area contributed by atoms with Crippen molar-refractivity contribution in [2.45, 2.75) is 32.4 Å². The molecule has 2 aromatic rings. The van der Waals surface area contributed by atoms with Crippen molar-refractivity contribution in [3.05, 3.63) is 42.1 Å². The zero-order chi connectivity index (χ0) is 12.8. The molecule has 0 amide bonds. The van der Waals surface area contributed by atoms with Crippen molar-refractivity contribution in [3.63, 3.8) is 0 Å². The third-order valence-electron chi connectivity index (χ3n) is 3.06. The largest absolute Gasteiger partial charge is 0.392 e. The van der Waals surface area contributed by atoms with Crippen LogP contribution in [-0.2, 0) is 6.54 Å². The summed E-state index contributed by atoms with van der Waals surface area (Å²) in [7, 11) is 0. The molecule has 1 heterocycles. The lowest BCUT2D eigenvalue weighted by Crippen LogP contribution is -2.26. The van der Waals surface area contributed by atoms with E-state index in [0.717, 1.165) is 24.9 Å². The minimum Gasteiger partial charge on any atom is -0.392 e. The van der Waals surface area contributed by atoms with Gasteiger partial charge < -0.3 is 10.4 Å². The predicted molar refractivity (Wildman–Crippen MR) is 74.4 cm³/mol. The van der Waals surface area contributed by atoms with Crippen molar-refractivity contribution in [1.29, 1.82) is 0 Å². The number of para-hydroxylation sites is 1. The summed E-state index contributed by atoms with van der Waals surface area (Å²) in [6, 6.07) is 10.2. The fraction of sp³-hybridized carbons (Fsp3) is 0.400. The van der Waals surface area contributed by atoms with Gasteiger partial charge in [0, 0.05) is 24.7 Å². The lowest BCUT2D eigenvalue weighted by Gasteiger charge is -2.11. The number of benzene rings is 1. The molecular weight excluding hydrogens is 224 g/mol. The van der Waals surface area contributed by atoms with Crippen molar-refractivity contribution in [2.75, 3.05) is 6.54 Å². The summed E-state index contributed by atoms with van der Waals surface area (Å²) in [5, 5.41) is 14.1. The molecule has 1 aromatic carbocycles. The van der Waals surface area contributed by atoms with E-state index in [4.69, 9.17) is 0 Å². The van der Waals surface area contributed by atoms with Gasteiger partial charge in [-0.05, 0) is 24.1 Å². The molecule has 0 saturated carbocycles. The molecule has 0 bridgehead atoms. The predicted octanol–water partition coefficient (Wildman–Crippen LogP) is 2.49. The first-order chi connectivity index (χ1) is 8.81.